The minimum Gasteiger partial charge on any atom is -0.368 e. The molecule has 2 aromatic rings. The molecule has 1 heterocycles. The lowest BCUT2D eigenvalue weighted by molar-refractivity contribution is 0.497. The zero-order valence-electron chi connectivity index (χ0n) is 13.1. The first-order valence-electron chi connectivity index (χ1n) is 8.29. The van der Waals surface area contributed by atoms with Crippen LogP contribution in [-0.2, 0) is 0 Å². The molecule has 120 valence electrons. The molecular formula is C20H18FN3. The zero-order chi connectivity index (χ0) is 16.3. The van der Waals surface area contributed by atoms with Gasteiger partial charge in [0.05, 0.1) is 12.1 Å². The van der Waals surface area contributed by atoms with E-state index in [1.54, 1.807) is 6.08 Å². The van der Waals surface area contributed by atoms with Gasteiger partial charge in [-0.05, 0) is 40.0 Å². The van der Waals surface area contributed by atoms with Crippen LogP contribution in [0.2, 0.25) is 0 Å². The van der Waals surface area contributed by atoms with Crippen LogP contribution in [0, 0.1) is 0 Å². The summed E-state index contributed by atoms with van der Waals surface area (Å²) in [5.74, 6) is -0.0793. The zero-order valence-corrected chi connectivity index (χ0v) is 13.1. The topological polar surface area (TPSA) is 50.1 Å². The Kier molecular flexibility index (Phi) is 2.93. The second-order valence-electron chi connectivity index (χ2n) is 6.61. The second-order valence-corrected chi connectivity index (χ2v) is 6.61. The molecule has 0 radical (unpaired) electrons. The third-order valence-electron chi connectivity index (χ3n) is 5.24. The van der Waals surface area contributed by atoms with E-state index in [1.807, 2.05) is 12.1 Å². The van der Waals surface area contributed by atoms with Gasteiger partial charge >= 0.3 is 0 Å². The maximum atomic E-state index is 13.6. The van der Waals surface area contributed by atoms with E-state index in [1.165, 1.54) is 22.3 Å². The van der Waals surface area contributed by atoms with Gasteiger partial charge in [-0.3, -0.25) is 5.32 Å². The monoisotopic (exact) mass is 319 g/mol. The lowest BCUT2D eigenvalue weighted by Gasteiger charge is -2.17. The Hall–Kier alpha value is -2.43. The largest absolute Gasteiger partial charge is 0.368 e. The van der Waals surface area contributed by atoms with E-state index in [0.717, 1.165) is 11.3 Å². The van der Waals surface area contributed by atoms with Crippen LogP contribution in [0.15, 0.2) is 66.1 Å². The third-order valence-corrected chi connectivity index (χ3v) is 5.24. The van der Waals surface area contributed by atoms with Crippen molar-refractivity contribution < 1.29 is 4.39 Å². The number of fused-ring (bicyclic) bond motifs is 4. The SMILES string of the molecule is NC1c2ccccc2-c2c(C3NC4=CC=C(F)CC4N3)cccc21. The van der Waals surface area contributed by atoms with Crippen molar-refractivity contribution in [1.82, 2.24) is 10.6 Å². The highest BCUT2D eigenvalue weighted by Gasteiger charge is 2.35. The van der Waals surface area contributed by atoms with Gasteiger partial charge in [-0.25, -0.2) is 4.39 Å². The summed E-state index contributed by atoms with van der Waals surface area (Å²) in [5, 5.41) is 7.02. The molecule has 3 nitrogen and oxygen atoms in total. The van der Waals surface area contributed by atoms with Crippen molar-refractivity contribution in [3.8, 4) is 11.1 Å². The number of hydrogen-bond donors (Lipinski definition) is 3. The van der Waals surface area contributed by atoms with E-state index in [4.69, 9.17) is 5.73 Å². The first kappa shape index (κ1) is 14.0. The van der Waals surface area contributed by atoms with Gasteiger partial charge in [0.2, 0.25) is 0 Å². The van der Waals surface area contributed by atoms with Gasteiger partial charge in [-0.2, -0.15) is 0 Å². The Morgan fingerprint density at radius 3 is 2.67 bits per heavy atom. The van der Waals surface area contributed by atoms with E-state index in [-0.39, 0.29) is 24.1 Å². The van der Waals surface area contributed by atoms with Crippen molar-refractivity contribution >= 4 is 0 Å². The fourth-order valence-corrected chi connectivity index (χ4v) is 4.11. The van der Waals surface area contributed by atoms with Gasteiger partial charge in [-0.15, -0.1) is 0 Å². The van der Waals surface area contributed by atoms with Crippen LogP contribution in [0.25, 0.3) is 11.1 Å². The molecule has 0 saturated carbocycles. The highest BCUT2D eigenvalue weighted by molar-refractivity contribution is 5.81. The number of rotatable bonds is 1. The van der Waals surface area contributed by atoms with Gasteiger partial charge in [0.1, 0.15) is 12.0 Å². The standard InChI is InChI=1S/C20H18FN3/c21-11-8-9-16-17(10-11)24-20(23-16)15-7-3-6-14-18(15)12-4-1-2-5-13(12)19(14)22/h1-9,17,19-20,23-24H,10,22H2. The normalized spacial score (nSPS) is 26.8. The van der Waals surface area contributed by atoms with E-state index >= 15 is 0 Å². The molecule has 2 aromatic carbocycles. The molecule has 3 atom stereocenters. The van der Waals surface area contributed by atoms with E-state index in [2.05, 4.69) is 47.0 Å². The smallest absolute Gasteiger partial charge is 0.104 e. The molecular weight excluding hydrogens is 301 g/mol. The molecule has 1 aliphatic heterocycles. The molecule has 0 bridgehead atoms. The highest BCUT2D eigenvalue weighted by atomic mass is 19.1. The molecule has 3 unspecified atom stereocenters. The van der Waals surface area contributed by atoms with E-state index < -0.39 is 0 Å². The molecule has 4 N–H and O–H groups in total. The number of halogens is 1. The summed E-state index contributed by atoms with van der Waals surface area (Å²) >= 11 is 0. The first-order valence-corrected chi connectivity index (χ1v) is 8.29. The highest BCUT2D eigenvalue weighted by Crippen LogP contribution is 2.46. The lowest BCUT2D eigenvalue weighted by atomic mass is 9.97. The summed E-state index contributed by atoms with van der Waals surface area (Å²) in [6.07, 6.45) is 3.75. The van der Waals surface area contributed by atoms with E-state index in [9.17, 15) is 4.39 Å². The maximum absolute atomic E-state index is 13.6. The van der Waals surface area contributed by atoms with Gasteiger partial charge < -0.3 is 11.1 Å². The summed E-state index contributed by atoms with van der Waals surface area (Å²) < 4.78 is 13.6. The minimum absolute atomic E-state index is 0.0150. The van der Waals surface area contributed by atoms with Crippen molar-refractivity contribution in [2.45, 2.75) is 24.7 Å². The molecule has 24 heavy (non-hydrogen) atoms. The van der Waals surface area contributed by atoms with Crippen LogP contribution in [-0.4, -0.2) is 6.04 Å². The van der Waals surface area contributed by atoms with Crippen LogP contribution >= 0.6 is 0 Å². The number of hydrogen-bond acceptors (Lipinski definition) is 3. The van der Waals surface area contributed by atoms with Crippen LogP contribution in [0.1, 0.15) is 35.3 Å². The van der Waals surface area contributed by atoms with Crippen molar-refractivity contribution in [2.24, 2.45) is 5.73 Å². The average Bonchev–Trinajstić information content (AvgIpc) is 3.15. The predicted molar refractivity (Wildman–Crippen MR) is 92.6 cm³/mol. The Labute approximate surface area is 140 Å². The summed E-state index contributed by atoms with van der Waals surface area (Å²) in [7, 11) is 0. The Bertz CT molecular complexity index is 900. The minimum atomic E-state index is -0.0850. The molecule has 3 aliphatic rings. The van der Waals surface area contributed by atoms with Crippen molar-refractivity contribution in [3.05, 3.63) is 82.8 Å². The molecule has 4 heteroatoms. The van der Waals surface area contributed by atoms with Crippen LogP contribution in [0.3, 0.4) is 0 Å². The van der Waals surface area contributed by atoms with Crippen molar-refractivity contribution in [3.63, 3.8) is 0 Å². The van der Waals surface area contributed by atoms with E-state index in [0.29, 0.717) is 6.42 Å². The Morgan fingerprint density at radius 1 is 0.958 bits per heavy atom. The maximum Gasteiger partial charge on any atom is 0.104 e. The van der Waals surface area contributed by atoms with Crippen molar-refractivity contribution in [1.29, 1.82) is 0 Å². The number of nitrogens with one attached hydrogen (secondary N) is 2. The molecule has 1 saturated heterocycles. The second kappa shape index (κ2) is 5.03. The molecule has 0 amide bonds. The number of benzene rings is 2. The van der Waals surface area contributed by atoms with Gasteiger partial charge in [0.15, 0.2) is 0 Å². The third kappa shape index (κ3) is 1.90. The molecule has 1 fully saturated rings. The molecule has 0 aromatic heterocycles. The van der Waals surface area contributed by atoms with Gasteiger partial charge in [-0.1, -0.05) is 42.5 Å². The lowest BCUT2D eigenvalue weighted by Crippen LogP contribution is -2.27. The number of allylic oxidation sites excluding steroid dienone is 2. The van der Waals surface area contributed by atoms with Crippen molar-refractivity contribution in [2.75, 3.05) is 0 Å². The fraction of sp³-hybridized carbons (Fsp3) is 0.200. The fourth-order valence-electron chi connectivity index (χ4n) is 4.11. The molecule has 2 aliphatic carbocycles. The van der Waals surface area contributed by atoms with Crippen LogP contribution < -0.4 is 16.4 Å². The summed E-state index contributed by atoms with van der Waals surface area (Å²) in [6, 6.07) is 14.5. The molecule has 0 spiro atoms. The number of nitrogens with two attached hydrogens (primary N) is 1. The van der Waals surface area contributed by atoms with Gasteiger partial charge in [0, 0.05) is 12.1 Å². The van der Waals surface area contributed by atoms with Gasteiger partial charge in [0.25, 0.3) is 0 Å². The predicted octanol–water partition coefficient (Wildman–Crippen LogP) is 3.42. The average molecular weight is 319 g/mol. The quantitative estimate of drug-likeness (QED) is 0.755. The van der Waals surface area contributed by atoms with Crippen LogP contribution in [0.5, 0.6) is 0 Å². The Morgan fingerprint density at radius 2 is 1.75 bits per heavy atom. The summed E-state index contributed by atoms with van der Waals surface area (Å²) in [5.41, 5.74) is 13.4. The Balaban J connectivity index is 1.59. The summed E-state index contributed by atoms with van der Waals surface area (Å²) in [6.45, 7) is 0. The summed E-state index contributed by atoms with van der Waals surface area (Å²) in [4.78, 5) is 0. The van der Waals surface area contributed by atoms with Crippen LogP contribution in [0.4, 0.5) is 4.39 Å². The molecule has 5 rings (SSSR count). The first-order chi connectivity index (χ1) is 11.7.